The Hall–Kier alpha value is -0.130. The molecule has 1 saturated carbocycles. The number of hydrogen-bond donors (Lipinski definition) is 2. The van der Waals surface area contributed by atoms with E-state index in [2.05, 4.69) is 0 Å². The van der Waals surface area contributed by atoms with Crippen LogP contribution in [0.3, 0.4) is 0 Å². The van der Waals surface area contributed by atoms with Crippen molar-refractivity contribution in [2.75, 3.05) is 18.1 Å². The molecule has 0 aromatic heterocycles. The third kappa shape index (κ3) is 4.95. The first-order valence-corrected chi connectivity index (χ1v) is 7.35. The third-order valence-electron chi connectivity index (χ3n) is 2.87. The number of sulfone groups is 1. The first kappa shape index (κ1) is 12.9. The predicted molar refractivity (Wildman–Crippen MR) is 58.3 cm³/mol. The normalized spacial score (nSPS) is 21.5. The Morgan fingerprint density at radius 1 is 1.20 bits per heavy atom. The van der Waals surface area contributed by atoms with Gasteiger partial charge in [-0.3, -0.25) is 0 Å². The lowest BCUT2D eigenvalue weighted by atomic mass is 9.91. The van der Waals surface area contributed by atoms with E-state index in [1.54, 1.807) is 0 Å². The maximum atomic E-state index is 11.6. The fourth-order valence-electron chi connectivity index (χ4n) is 2.13. The van der Waals surface area contributed by atoms with Crippen LogP contribution in [0.25, 0.3) is 0 Å². The summed E-state index contributed by atoms with van der Waals surface area (Å²) >= 11 is 0. The van der Waals surface area contributed by atoms with Gasteiger partial charge in [0.05, 0.1) is 24.2 Å². The topological polar surface area (TPSA) is 74.6 Å². The summed E-state index contributed by atoms with van der Waals surface area (Å²) in [6, 6.07) is 0. The van der Waals surface area contributed by atoms with Gasteiger partial charge in [-0.25, -0.2) is 8.42 Å². The van der Waals surface area contributed by atoms with Gasteiger partial charge in [0.2, 0.25) is 0 Å². The minimum atomic E-state index is -3.20. The minimum absolute atomic E-state index is 0.171. The molecule has 0 saturated heterocycles. The second-order valence-electron chi connectivity index (χ2n) is 4.42. The van der Waals surface area contributed by atoms with Crippen LogP contribution in [0.5, 0.6) is 0 Å². The minimum Gasteiger partial charge on any atom is -0.394 e. The van der Waals surface area contributed by atoms with Crippen molar-refractivity contribution in [2.45, 2.75) is 38.2 Å². The molecule has 2 N–H and O–H groups in total. The van der Waals surface area contributed by atoms with Gasteiger partial charge in [0.15, 0.2) is 9.84 Å². The highest BCUT2D eigenvalue weighted by Crippen LogP contribution is 2.25. The Labute approximate surface area is 91.2 Å². The number of hydrogen-bond acceptors (Lipinski definition) is 4. The Kier molecular flexibility index (Phi) is 5.02. The summed E-state index contributed by atoms with van der Waals surface area (Å²) in [5.74, 6) is 0.124. The standard InChI is InChI=1S/C10H20O4S/c11-6-10(12)8-15(13,14)7-9-4-2-1-3-5-9/h9-12H,1-8H2/t10-/m1/s1. The van der Waals surface area contributed by atoms with Gasteiger partial charge in [-0.2, -0.15) is 0 Å². The molecule has 1 rings (SSSR count). The van der Waals surface area contributed by atoms with Gasteiger partial charge < -0.3 is 10.2 Å². The van der Waals surface area contributed by atoms with Gasteiger partial charge >= 0.3 is 0 Å². The fraction of sp³-hybridized carbons (Fsp3) is 1.00. The molecule has 1 fully saturated rings. The van der Waals surface area contributed by atoms with Crippen molar-refractivity contribution in [3.05, 3.63) is 0 Å². The first-order valence-electron chi connectivity index (χ1n) is 5.53. The highest BCUT2D eigenvalue weighted by molar-refractivity contribution is 7.91. The number of rotatable bonds is 5. The van der Waals surface area contributed by atoms with Gasteiger partial charge in [0, 0.05) is 0 Å². The van der Waals surface area contributed by atoms with Crippen LogP contribution in [0.1, 0.15) is 32.1 Å². The van der Waals surface area contributed by atoms with Gasteiger partial charge in [0.25, 0.3) is 0 Å². The summed E-state index contributed by atoms with van der Waals surface area (Å²) < 4.78 is 23.2. The summed E-state index contributed by atoms with van der Waals surface area (Å²) in [6.45, 7) is -0.482. The lowest BCUT2D eigenvalue weighted by Crippen LogP contribution is -2.29. The van der Waals surface area contributed by atoms with Crippen LogP contribution >= 0.6 is 0 Å². The number of aliphatic hydroxyl groups is 2. The molecule has 1 atom stereocenters. The van der Waals surface area contributed by atoms with Gasteiger partial charge in [-0.05, 0) is 18.8 Å². The van der Waals surface area contributed by atoms with E-state index in [-0.39, 0.29) is 17.4 Å². The van der Waals surface area contributed by atoms with E-state index in [0.29, 0.717) is 0 Å². The molecule has 0 unspecified atom stereocenters. The quantitative estimate of drug-likeness (QED) is 0.721. The summed E-state index contributed by atoms with van der Waals surface area (Å²) in [5.41, 5.74) is 0. The molecule has 0 spiro atoms. The monoisotopic (exact) mass is 236 g/mol. The van der Waals surface area contributed by atoms with Crippen LogP contribution in [0.2, 0.25) is 0 Å². The molecule has 5 heteroatoms. The number of aliphatic hydroxyl groups excluding tert-OH is 2. The van der Waals surface area contributed by atoms with E-state index in [9.17, 15) is 8.42 Å². The van der Waals surface area contributed by atoms with Crippen molar-refractivity contribution < 1.29 is 18.6 Å². The van der Waals surface area contributed by atoms with Crippen LogP contribution in [0.15, 0.2) is 0 Å². The molecular formula is C10H20O4S. The average Bonchev–Trinajstić information content (AvgIpc) is 2.17. The van der Waals surface area contributed by atoms with E-state index in [1.165, 1.54) is 6.42 Å². The molecular weight excluding hydrogens is 216 g/mol. The zero-order valence-corrected chi connectivity index (χ0v) is 9.75. The SMILES string of the molecule is O=S(=O)(CC1CCCCC1)C[C@H](O)CO. The lowest BCUT2D eigenvalue weighted by Gasteiger charge is -2.21. The fourth-order valence-corrected chi connectivity index (χ4v) is 4.01. The second kappa shape index (κ2) is 5.82. The Bertz CT molecular complexity index is 267. The molecule has 0 amide bonds. The van der Waals surface area contributed by atoms with Crippen LogP contribution in [0.4, 0.5) is 0 Å². The van der Waals surface area contributed by atoms with Gasteiger partial charge in [-0.15, -0.1) is 0 Å². The molecule has 0 bridgehead atoms. The highest BCUT2D eigenvalue weighted by Gasteiger charge is 2.23. The summed E-state index contributed by atoms with van der Waals surface area (Å²) in [7, 11) is -3.20. The molecule has 1 aliphatic carbocycles. The second-order valence-corrected chi connectivity index (χ2v) is 6.57. The maximum Gasteiger partial charge on any atom is 0.153 e. The van der Waals surface area contributed by atoms with Crippen molar-refractivity contribution in [2.24, 2.45) is 5.92 Å². The summed E-state index contributed by atoms with van der Waals surface area (Å²) in [6.07, 6.45) is 4.27. The zero-order chi connectivity index (χ0) is 11.3. The van der Waals surface area contributed by atoms with E-state index >= 15 is 0 Å². The molecule has 0 aliphatic heterocycles. The first-order chi connectivity index (χ1) is 7.03. The Balaban J connectivity index is 2.40. The molecule has 0 aromatic rings. The lowest BCUT2D eigenvalue weighted by molar-refractivity contribution is 0.112. The van der Waals surface area contributed by atoms with Gasteiger partial charge in [0.1, 0.15) is 0 Å². The van der Waals surface area contributed by atoms with Crippen LogP contribution in [0, 0.1) is 5.92 Å². The highest BCUT2D eigenvalue weighted by atomic mass is 32.2. The van der Waals surface area contributed by atoms with E-state index in [4.69, 9.17) is 10.2 Å². The molecule has 4 nitrogen and oxygen atoms in total. The molecule has 15 heavy (non-hydrogen) atoms. The summed E-state index contributed by atoms with van der Waals surface area (Å²) in [5, 5.41) is 17.7. The van der Waals surface area contributed by atoms with Crippen LogP contribution < -0.4 is 0 Å². The maximum absolute atomic E-state index is 11.6. The molecule has 0 radical (unpaired) electrons. The third-order valence-corrected chi connectivity index (χ3v) is 4.74. The van der Waals surface area contributed by atoms with E-state index in [1.807, 2.05) is 0 Å². The predicted octanol–water partition coefficient (Wildman–Crippen LogP) is 0.335. The zero-order valence-electron chi connectivity index (χ0n) is 8.93. The van der Waals surface area contributed by atoms with Crippen molar-refractivity contribution in [1.29, 1.82) is 0 Å². The smallest absolute Gasteiger partial charge is 0.153 e. The van der Waals surface area contributed by atoms with Crippen molar-refractivity contribution in [3.63, 3.8) is 0 Å². The Morgan fingerprint density at radius 2 is 1.80 bits per heavy atom. The largest absolute Gasteiger partial charge is 0.394 e. The van der Waals surface area contributed by atoms with E-state index in [0.717, 1.165) is 25.7 Å². The molecule has 90 valence electrons. The van der Waals surface area contributed by atoms with Crippen molar-refractivity contribution in [3.8, 4) is 0 Å². The molecule has 1 aliphatic rings. The summed E-state index contributed by atoms with van der Waals surface area (Å²) in [4.78, 5) is 0. The van der Waals surface area contributed by atoms with Crippen LogP contribution in [-0.2, 0) is 9.84 Å². The average molecular weight is 236 g/mol. The van der Waals surface area contributed by atoms with Gasteiger partial charge in [-0.1, -0.05) is 19.3 Å². The Morgan fingerprint density at radius 3 is 2.33 bits per heavy atom. The van der Waals surface area contributed by atoms with Crippen molar-refractivity contribution >= 4 is 9.84 Å². The molecule has 0 aromatic carbocycles. The van der Waals surface area contributed by atoms with Crippen molar-refractivity contribution in [1.82, 2.24) is 0 Å². The van der Waals surface area contributed by atoms with Crippen LogP contribution in [-0.4, -0.2) is 42.8 Å². The van der Waals surface area contributed by atoms with E-state index < -0.39 is 22.5 Å². The molecule has 0 heterocycles.